The molecule has 3 heterocycles. The molecular weight excluding hydrogens is 410 g/mol. The summed E-state index contributed by atoms with van der Waals surface area (Å²) in [6.07, 6.45) is 0.275. The van der Waals surface area contributed by atoms with Crippen molar-refractivity contribution >= 4 is 39.3 Å². The highest BCUT2D eigenvalue weighted by Gasteiger charge is 2.29. The molecule has 1 atom stereocenters. The first kappa shape index (κ1) is 21.4. The molecule has 0 saturated heterocycles. The van der Waals surface area contributed by atoms with Crippen molar-refractivity contribution in [3.8, 4) is 0 Å². The highest BCUT2D eigenvalue weighted by atomic mass is 32.1. The zero-order chi connectivity index (χ0) is 22.3. The van der Waals surface area contributed by atoms with E-state index in [-0.39, 0.29) is 21.7 Å². The number of nitrogens with zero attached hydrogens (tertiary/aromatic N) is 2. The number of methoxy groups -OCH3 is 1. The Morgan fingerprint density at radius 2 is 1.83 bits per heavy atom. The standard InChI is InChI=1S/C20H21N3O6S/c1-8-12(19(26)28-6)10(3)22-14(8)15(24)11(4)29-20(27)16-9(2)13-17(30-16)21-7-23(5)18(13)25/h7,11,22H,1-6H3/t11-/m0/s1. The van der Waals surface area contributed by atoms with Gasteiger partial charge in [-0.1, -0.05) is 0 Å². The highest BCUT2D eigenvalue weighted by molar-refractivity contribution is 7.20. The van der Waals surface area contributed by atoms with E-state index in [1.807, 2.05) is 0 Å². The van der Waals surface area contributed by atoms with Gasteiger partial charge < -0.3 is 19.0 Å². The molecule has 0 aromatic carbocycles. The SMILES string of the molecule is COC(=O)c1c(C)[nH]c(C(=O)[C@H](C)OC(=O)c2sc3ncn(C)c(=O)c3c2C)c1C. The number of carbonyl (C=O) groups excluding carboxylic acids is 3. The van der Waals surface area contributed by atoms with Crippen LogP contribution in [-0.4, -0.2) is 45.5 Å². The molecule has 158 valence electrons. The third-order valence-electron chi connectivity index (χ3n) is 4.92. The molecule has 3 rings (SSSR count). The number of aromatic amines is 1. The molecule has 0 spiro atoms. The number of hydrogen-bond donors (Lipinski definition) is 1. The number of carbonyl (C=O) groups is 3. The number of ether oxygens (including phenoxy) is 2. The second-order valence-electron chi connectivity index (χ2n) is 6.93. The highest BCUT2D eigenvalue weighted by Crippen LogP contribution is 2.28. The van der Waals surface area contributed by atoms with Crippen molar-refractivity contribution < 1.29 is 23.9 Å². The van der Waals surface area contributed by atoms with Crippen LogP contribution in [0.4, 0.5) is 0 Å². The van der Waals surface area contributed by atoms with Gasteiger partial charge in [0, 0.05) is 12.7 Å². The molecule has 0 radical (unpaired) electrons. The van der Waals surface area contributed by atoms with Crippen molar-refractivity contribution in [2.75, 3.05) is 7.11 Å². The Hall–Kier alpha value is -3.27. The van der Waals surface area contributed by atoms with E-state index in [4.69, 9.17) is 9.47 Å². The minimum Gasteiger partial charge on any atom is -0.465 e. The summed E-state index contributed by atoms with van der Waals surface area (Å²) in [7, 11) is 2.84. The van der Waals surface area contributed by atoms with Gasteiger partial charge in [0.2, 0.25) is 5.78 Å². The Kier molecular flexibility index (Phi) is 5.62. The predicted octanol–water partition coefficient (Wildman–Crippen LogP) is 2.46. The van der Waals surface area contributed by atoms with Gasteiger partial charge in [0.15, 0.2) is 6.10 Å². The van der Waals surface area contributed by atoms with E-state index >= 15 is 0 Å². The number of aryl methyl sites for hydroxylation is 3. The average Bonchev–Trinajstić information content (AvgIpc) is 3.20. The Balaban J connectivity index is 1.88. The van der Waals surface area contributed by atoms with Crippen LogP contribution in [0.2, 0.25) is 0 Å². The Bertz CT molecular complexity index is 1250. The van der Waals surface area contributed by atoms with E-state index in [9.17, 15) is 19.2 Å². The third-order valence-corrected chi connectivity index (χ3v) is 6.10. The van der Waals surface area contributed by atoms with Crippen LogP contribution in [0.5, 0.6) is 0 Å². The summed E-state index contributed by atoms with van der Waals surface area (Å²) < 4.78 is 11.5. The normalized spacial score (nSPS) is 12.1. The lowest BCUT2D eigenvalue weighted by atomic mass is 10.1. The molecule has 10 heteroatoms. The summed E-state index contributed by atoms with van der Waals surface area (Å²) in [4.78, 5) is 57.5. The van der Waals surface area contributed by atoms with Gasteiger partial charge in [-0.2, -0.15) is 0 Å². The van der Waals surface area contributed by atoms with Crippen molar-refractivity contribution in [3.05, 3.63) is 49.6 Å². The Labute approximate surface area is 175 Å². The zero-order valence-electron chi connectivity index (χ0n) is 17.4. The fourth-order valence-electron chi connectivity index (χ4n) is 3.28. The molecule has 9 nitrogen and oxygen atoms in total. The second kappa shape index (κ2) is 7.86. The largest absolute Gasteiger partial charge is 0.465 e. The minimum atomic E-state index is -1.11. The Morgan fingerprint density at radius 1 is 1.17 bits per heavy atom. The van der Waals surface area contributed by atoms with Crippen LogP contribution >= 0.6 is 11.3 Å². The summed E-state index contributed by atoms with van der Waals surface area (Å²) in [5, 5.41) is 0.356. The average molecular weight is 431 g/mol. The van der Waals surface area contributed by atoms with Gasteiger partial charge >= 0.3 is 11.9 Å². The van der Waals surface area contributed by atoms with E-state index in [1.54, 1.807) is 27.8 Å². The molecule has 3 aromatic rings. The van der Waals surface area contributed by atoms with Crippen molar-refractivity contribution in [1.82, 2.24) is 14.5 Å². The van der Waals surface area contributed by atoms with Crippen LogP contribution in [0.1, 0.15) is 54.3 Å². The molecule has 0 saturated carbocycles. The summed E-state index contributed by atoms with van der Waals surface area (Å²) in [6, 6.07) is 0. The number of Topliss-reactive ketones (excluding diaryl/α,β-unsaturated/α-hetero) is 1. The van der Waals surface area contributed by atoms with Gasteiger partial charge in [-0.05, 0) is 38.8 Å². The second-order valence-corrected chi connectivity index (χ2v) is 7.92. The molecule has 3 aromatic heterocycles. The van der Waals surface area contributed by atoms with Crippen LogP contribution in [0, 0.1) is 20.8 Å². The molecule has 30 heavy (non-hydrogen) atoms. The van der Waals surface area contributed by atoms with Gasteiger partial charge in [0.05, 0.1) is 30.1 Å². The van der Waals surface area contributed by atoms with Crippen LogP contribution in [0.3, 0.4) is 0 Å². The van der Waals surface area contributed by atoms with Crippen molar-refractivity contribution in [2.45, 2.75) is 33.8 Å². The molecule has 0 aliphatic rings. The van der Waals surface area contributed by atoms with Gasteiger partial charge in [0.1, 0.15) is 9.71 Å². The number of esters is 2. The van der Waals surface area contributed by atoms with E-state index in [1.165, 1.54) is 24.9 Å². The minimum absolute atomic E-state index is 0.178. The molecule has 0 unspecified atom stereocenters. The van der Waals surface area contributed by atoms with E-state index in [2.05, 4.69) is 9.97 Å². The smallest absolute Gasteiger partial charge is 0.349 e. The lowest BCUT2D eigenvalue weighted by molar-refractivity contribution is 0.0321. The van der Waals surface area contributed by atoms with E-state index < -0.39 is 23.8 Å². The number of fused-ring (bicyclic) bond motifs is 1. The molecule has 0 aliphatic heterocycles. The van der Waals surface area contributed by atoms with Gasteiger partial charge in [-0.25, -0.2) is 14.6 Å². The monoisotopic (exact) mass is 431 g/mol. The summed E-state index contributed by atoms with van der Waals surface area (Å²) in [6.45, 7) is 6.37. The molecule has 0 fully saturated rings. The van der Waals surface area contributed by atoms with Gasteiger partial charge in [-0.3, -0.25) is 9.59 Å². The third kappa shape index (κ3) is 3.43. The first-order chi connectivity index (χ1) is 14.1. The van der Waals surface area contributed by atoms with E-state index in [0.29, 0.717) is 27.0 Å². The topological polar surface area (TPSA) is 120 Å². The molecule has 0 aliphatic carbocycles. The first-order valence-electron chi connectivity index (χ1n) is 9.05. The number of rotatable bonds is 5. The van der Waals surface area contributed by atoms with Crippen molar-refractivity contribution in [3.63, 3.8) is 0 Å². The molecule has 0 amide bonds. The predicted molar refractivity (Wildman–Crippen MR) is 110 cm³/mol. The summed E-state index contributed by atoms with van der Waals surface area (Å²) in [5.41, 5.74) is 1.58. The maximum absolute atomic E-state index is 12.8. The van der Waals surface area contributed by atoms with Crippen LogP contribution in [0.25, 0.3) is 10.2 Å². The first-order valence-corrected chi connectivity index (χ1v) is 9.87. The summed E-state index contributed by atoms with van der Waals surface area (Å²) in [5.74, 6) is -1.75. The number of ketones is 1. The molecule has 0 bridgehead atoms. The van der Waals surface area contributed by atoms with Crippen LogP contribution in [0.15, 0.2) is 11.1 Å². The fraction of sp³-hybridized carbons (Fsp3) is 0.350. The van der Waals surface area contributed by atoms with Crippen molar-refractivity contribution in [2.24, 2.45) is 7.05 Å². The van der Waals surface area contributed by atoms with E-state index in [0.717, 1.165) is 11.3 Å². The number of H-pyrrole nitrogens is 1. The van der Waals surface area contributed by atoms with Crippen LogP contribution < -0.4 is 5.56 Å². The number of nitrogens with one attached hydrogen (secondary N) is 1. The number of aromatic nitrogens is 3. The Morgan fingerprint density at radius 3 is 2.47 bits per heavy atom. The maximum Gasteiger partial charge on any atom is 0.349 e. The lowest BCUT2D eigenvalue weighted by Crippen LogP contribution is -2.25. The lowest BCUT2D eigenvalue weighted by Gasteiger charge is -2.12. The van der Waals surface area contributed by atoms with Gasteiger partial charge in [0.25, 0.3) is 5.56 Å². The maximum atomic E-state index is 12.8. The molecular formula is C20H21N3O6S. The fourth-order valence-corrected chi connectivity index (χ4v) is 4.30. The zero-order valence-corrected chi connectivity index (χ0v) is 18.2. The summed E-state index contributed by atoms with van der Waals surface area (Å²) >= 11 is 1.04. The quantitative estimate of drug-likeness (QED) is 0.487. The number of thiophene rings is 1. The molecule has 1 N–H and O–H groups in total. The number of hydrogen-bond acceptors (Lipinski definition) is 8. The van der Waals surface area contributed by atoms with Crippen molar-refractivity contribution in [1.29, 1.82) is 0 Å². The van der Waals surface area contributed by atoms with Gasteiger partial charge in [-0.15, -0.1) is 11.3 Å². The van der Waals surface area contributed by atoms with Crippen LogP contribution in [-0.2, 0) is 16.5 Å².